The fraction of sp³-hybridized carbons (Fsp3) is 0.714. The van der Waals surface area contributed by atoms with Crippen molar-refractivity contribution >= 4 is 11.9 Å². The molecule has 0 aromatic rings. The zero-order valence-electron chi connectivity index (χ0n) is 25.4. The molecule has 1 N–H and O–H groups in total. The molecular weight excluding hydrogens is 484 g/mol. The van der Waals surface area contributed by atoms with Crippen molar-refractivity contribution in [1.29, 1.82) is 0 Å². The van der Waals surface area contributed by atoms with E-state index >= 15 is 0 Å². The van der Waals surface area contributed by atoms with E-state index in [9.17, 15) is 9.59 Å². The zero-order chi connectivity index (χ0) is 28.7. The summed E-state index contributed by atoms with van der Waals surface area (Å²) in [5.74, 6) is -0.773. The third-order valence-electron chi connectivity index (χ3n) is 6.80. The molecule has 0 rings (SSSR count). The van der Waals surface area contributed by atoms with Crippen LogP contribution < -0.4 is 0 Å². The molecule has 0 bridgehead atoms. The van der Waals surface area contributed by atoms with Crippen LogP contribution in [0.5, 0.6) is 0 Å². The highest BCUT2D eigenvalue weighted by Gasteiger charge is 2.14. The van der Waals surface area contributed by atoms with Crippen LogP contribution in [0.4, 0.5) is 0 Å². The van der Waals surface area contributed by atoms with Gasteiger partial charge in [-0.15, -0.1) is 0 Å². The molecule has 0 aliphatic rings. The Morgan fingerprint density at radius 3 is 1.59 bits per heavy atom. The molecule has 0 heterocycles. The summed E-state index contributed by atoms with van der Waals surface area (Å²) in [5, 5.41) is 8.73. The number of aliphatic carboxylic acids is 1. The van der Waals surface area contributed by atoms with Crippen molar-refractivity contribution in [3.8, 4) is 0 Å². The molecule has 0 fully saturated rings. The van der Waals surface area contributed by atoms with E-state index in [-0.39, 0.29) is 18.5 Å². The molecule has 0 aromatic heterocycles. The van der Waals surface area contributed by atoms with Crippen LogP contribution in [0.15, 0.2) is 48.6 Å². The topological polar surface area (TPSA) is 63.6 Å². The Bertz CT molecular complexity index is 674. The molecule has 4 nitrogen and oxygen atoms in total. The van der Waals surface area contributed by atoms with E-state index in [2.05, 4.69) is 62.5 Å². The summed E-state index contributed by atoms with van der Waals surface area (Å²) in [7, 11) is 0. The second-order valence-corrected chi connectivity index (χ2v) is 10.6. The second kappa shape index (κ2) is 30.4. The van der Waals surface area contributed by atoms with Gasteiger partial charge >= 0.3 is 11.9 Å². The minimum atomic E-state index is -0.711. The average molecular weight is 545 g/mol. The first-order valence-corrected chi connectivity index (χ1v) is 16.1. The zero-order valence-corrected chi connectivity index (χ0v) is 25.4. The van der Waals surface area contributed by atoms with Gasteiger partial charge in [0.15, 0.2) is 0 Å². The maximum absolute atomic E-state index is 12.4. The van der Waals surface area contributed by atoms with Crippen LogP contribution in [-0.2, 0) is 14.3 Å². The van der Waals surface area contributed by atoms with Gasteiger partial charge in [0.2, 0.25) is 0 Å². The van der Waals surface area contributed by atoms with Gasteiger partial charge in [0.1, 0.15) is 6.10 Å². The molecule has 0 aromatic carbocycles. The van der Waals surface area contributed by atoms with E-state index in [1.807, 2.05) is 0 Å². The van der Waals surface area contributed by atoms with Crippen molar-refractivity contribution in [2.45, 2.75) is 161 Å². The van der Waals surface area contributed by atoms with Gasteiger partial charge in [-0.3, -0.25) is 9.59 Å². The number of carbonyl (C=O) groups is 2. The standard InChI is InChI=1S/C35H60O4/c1-3-5-7-9-10-11-12-13-14-15-16-17-18-19-20-24-28-32-35(38)39-33(29-25-8-6-4-2)30-26-22-21-23-27-31-34(36)37/h10-11,13-14,16-17,19-20,33H,3-9,12,15,18,21-32H2,1-2H3,(H,36,37)/b11-10-,14-13-,17-16-,20-19-. The SMILES string of the molecule is CCCCC/C=C\C/C=C\C/C=C\C/C=C\CCCC(=O)OC(CCCCCC)CCCCCCCC(=O)O. The van der Waals surface area contributed by atoms with Crippen LogP contribution in [-0.4, -0.2) is 23.1 Å². The molecule has 0 radical (unpaired) electrons. The lowest BCUT2D eigenvalue weighted by Gasteiger charge is -2.18. The van der Waals surface area contributed by atoms with Crippen LogP contribution in [0, 0.1) is 0 Å². The van der Waals surface area contributed by atoms with Gasteiger partial charge in [0.25, 0.3) is 0 Å². The van der Waals surface area contributed by atoms with Crippen molar-refractivity contribution in [3.05, 3.63) is 48.6 Å². The Morgan fingerprint density at radius 1 is 0.564 bits per heavy atom. The van der Waals surface area contributed by atoms with Crippen molar-refractivity contribution in [2.24, 2.45) is 0 Å². The molecule has 224 valence electrons. The number of hydrogen-bond acceptors (Lipinski definition) is 3. The highest BCUT2D eigenvalue weighted by molar-refractivity contribution is 5.69. The number of ether oxygens (including phenoxy) is 1. The first kappa shape index (κ1) is 36.9. The summed E-state index contributed by atoms with van der Waals surface area (Å²) in [6.07, 6.45) is 39.9. The molecule has 0 saturated carbocycles. The lowest BCUT2D eigenvalue weighted by Crippen LogP contribution is -2.18. The van der Waals surface area contributed by atoms with Crippen LogP contribution >= 0.6 is 0 Å². The molecule has 1 unspecified atom stereocenters. The molecular formula is C35H60O4. The van der Waals surface area contributed by atoms with Gasteiger partial charge < -0.3 is 9.84 Å². The molecule has 0 spiro atoms. The number of esters is 1. The van der Waals surface area contributed by atoms with Crippen molar-refractivity contribution in [2.75, 3.05) is 0 Å². The lowest BCUT2D eigenvalue weighted by molar-refractivity contribution is -0.150. The number of allylic oxidation sites excluding steroid dienone is 8. The van der Waals surface area contributed by atoms with E-state index < -0.39 is 5.97 Å². The highest BCUT2D eigenvalue weighted by atomic mass is 16.5. The second-order valence-electron chi connectivity index (χ2n) is 10.6. The molecule has 4 heteroatoms. The third kappa shape index (κ3) is 30.3. The van der Waals surface area contributed by atoms with Gasteiger partial charge in [0.05, 0.1) is 0 Å². The predicted molar refractivity (Wildman–Crippen MR) is 167 cm³/mol. The monoisotopic (exact) mass is 544 g/mol. The number of unbranched alkanes of at least 4 members (excludes halogenated alkanes) is 11. The summed E-state index contributed by atoms with van der Waals surface area (Å²) in [6.45, 7) is 4.45. The number of carbonyl (C=O) groups excluding carboxylic acids is 1. The van der Waals surface area contributed by atoms with Gasteiger partial charge in [-0.1, -0.05) is 114 Å². The van der Waals surface area contributed by atoms with Crippen LogP contribution in [0.25, 0.3) is 0 Å². The summed E-state index contributed by atoms with van der Waals surface area (Å²) in [4.78, 5) is 23.0. The molecule has 0 aliphatic heterocycles. The van der Waals surface area contributed by atoms with Crippen molar-refractivity contribution in [3.63, 3.8) is 0 Å². The number of rotatable bonds is 28. The first-order chi connectivity index (χ1) is 19.1. The van der Waals surface area contributed by atoms with Crippen molar-refractivity contribution in [1.82, 2.24) is 0 Å². The van der Waals surface area contributed by atoms with Gasteiger partial charge in [-0.05, 0) is 77.0 Å². The molecule has 39 heavy (non-hydrogen) atoms. The fourth-order valence-electron chi connectivity index (χ4n) is 4.41. The molecule has 0 aliphatic carbocycles. The fourth-order valence-corrected chi connectivity index (χ4v) is 4.41. The van der Waals surface area contributed by atoms with E-state index in [4.69, 9.17) is 9.84 Å². The quantitative estimate of drug-likeness (QED) is 0.0604. The summed E-state index contributed by atoms with van der Waals surface area (Å²) in [6, 6.07) is 0. The summed E-state index contributed by atoms with van der Waals surface area (Å²) in [5.41, 5.74) is 0. The number of hydrogen-bond donors (Lipinski definition) is 1. The Morgan fingerprint density at radius 2 is 1.03 bits per heavy atom. The Hall–Kier alpha value is -2.10. The third-order valence-corrected chi connectivity index (χ3v) is 6.80. The summed E-state index contributed by atoms with van der Waals surface area (Å²) >= 11 is 0. The van der Waals surface area contributed by atoms with E-state index in [0.717, 1.165) is 83.5 Å². The van der Waals surface area contributed by atoms with Gasteiger partial charge in [-0.2, -0.15) is 0 Å². The first-order valence-electron chi connectivity index (χ1n) is 16.1. The minimum Gasteiger partial charge on any atom is -0.481 e. The molecule has 1 atom stereocenters. The Balaban J connectivity index is 3.98. The van der Waals surface area contributed by atoms with Crippen LogP contribution in [0.1, 0.15) is 155 Å². The number of carboxylic acids is 1. The van der Waals surface area contributed by atoms with Gasteiger partial charge in [-0.25, -0.2) is 0 Å². The smallest absolute Gasteiger partial charge is 0.306 e. The van der Waals surface area contributed by atoms with E-state index in [1.165, 1.54) is 44.9 Å². The maximum Gasteiger partial charge on any atom is 0.306 e. The van der Waals surface area contributed by atoms with Crippen molar-refractivity contribution < 1.29 is 19.4 Å². The largest absolute Gasteiger partial charge is 0.481 e. The van der Waals surface area contributed by atoms with Gasteiger partial charge in [0, 0.05) is 12.8 Å². The normalized spacial score (nSPS) is 12.9. The maximum atomic E-state index is 12.4. The summed E-state index contributed by atoms with van der Waals surface area (Å²) < 4.78 is 5.86. The number of carboxylic acid groups (broad SMARTS) is 1. The predicted octanol–water partition coefficient (Wildman–Crippen LogP) is 10.8. The minimum absolute atomic E-state index is 0.0323. The van der Waals surface area contributed by atoms with E-state index in [1.54, 1.807) is 0 Å². The Kier molecular flexibility index (Phi) is 28.8. The highest BCUT2D eigenvalue weighted by Crippen LogP contribution is 2.17. The van der Waals surface area contributed by atoms with E-state index in [0.29, 0.717) is 6.42 Å². The average Bonchev–Trinajstić information content (AvgIpc) is 2.91. The lowest BCUT2D eigenvalue weighted by atomic mass is 10.0. The molecule has 0 amide bonds. The van der Waals surface area contributed by atoms with Crippen LogP contribution in [0.2, 0.25) is 0 Å². The molecule has 0 saturated heterocycles. The van der Waals surface area contributed by atoms with Crippen LogP contribution in [0.3, 0.4) is 0 Å². The Labute approximate surface area is 241 Å².